The molecule has 0 saturated heterocycles. The van der Waals surface area contributed by atoms with Crippen LogP contribution in [0, 0.1) is 0 Å². The van der Waals surface area contributed by atoms with Crippen LogP contribution in [0.4, 0.5) is 13.2 Å². The predicted molar refractivity (Wildman–Crippen MR) is 53.1 cm³/mol. The molecule has 1 aromatic heterocycles. The first kappa shape index (κ1) is 11.7. The fourth-order valence-corrected chi connectivity index (χ4v) is 1.41. The number of aromatic nitrogens is 3. The van der Waals surface area contributed by atoms with E-state index >= 15 is 0 Å². The molecule has 0 unspecified atom stereocenters. The van der Waals surface area contributed by atoms with Crippen molar-refractivity contribution in [2.24, 2.45) is 0 Å². The Bertz CT molecular complexity index is 526. The van der Waals surface area contributed by atoms with E-state index in [1.807, 2.05) is 0 Å². The highest BCUT2D eigenvalue weighted by atomic mass is 35.5. The van der Waals surface area contributed by atoms with Crippen LogP contribution < -0.4 is 4.74 Å². The zero-order chi connectivity index (χ0) is 12.5. The van der Waals surface area contributed by atoms with Crippen LogP contribution in [0.25, 0.3) is 5.69 Å². The summed E-state index contributed by atoms with van der Waals surface area (Å²) in [6.07, 6.45) is -3.44. The SMILES string of the molecule is FC(F)(F)Oc1cccc(-n2cnnc2Cl)c1. The number of nitrogens with zero attached hydrogens (tertiary/aromatic N) is 3. The molecule has 0 fully saturated rings. The Labute approximate surface area is 98.6 Å². The molecule has 0 spiro atoms. The van der Waals surface area contributed by atoms with Crippen molar-refractivity contribution in [1.29, 1.82) is 0 Å². The summed E-state index contributed by atoms with van der Waals surface area (Å²) >= 11 is 5.69. The lowest BCUT2D eigenvalue weighted by Crippen LogP contribution is -2.17. The maximum Gasteiger partial charge on any atom is 0.573 e. The van der Waals surface area contributed by atoms with Crippen molar-refractivity contribution in [3.63, 3.8) is 0 Å². The lowest BCUT2D eigenvalue weighted by atomic mass is 10.3. The van der Waals surface area contributed by atoms with Crippen molar-refractivity contribution in [3.8, 4) is 11.4 Å². The Balaban J connectivity index is 2.32. The van der Waals surface area contributed by atoms with Gasteiger partial charge in [-0.2, -0.15) is 0 Å². The summed E-state index contributed by atoms with van der Waals surface area (Å²) < 4.78 is 41.2. The van der Waals surface area contributed by atoms with Gasteiger partial charge in [0.1, 0.15) is 12.1 Å². The third-order valence-electron chi connectivity index (χ3n) is 1.84. The van der Waals surface area contributed by atoms with Gasteiger partial charge in [0.25, 0.3) is 0 Å². The summed E-state index contributed by atoms with van der Waals surface area (Å²) in [7, 11) is 0. The van der Waals surface area contributed by atoms with Crippen LogP contribution in [0.1, 0.15) is 0 Å². The van der Waals surface area contributed by atoms with Crippen LogP contribution in [-0.2, 0) is 0 Å². The summed E-state index contributed by atoms with van der Waals surface area (Å²) in [6.45, 7) is 0. The van der Waals surface area contributed by atoms with Gasteiger partial charge in [-0.3, -0.25) is 4.57 Å². The molecule has 2 rings (SSSR count). The number of hydrogen-bond donors (Lipinski definition) is 0. The van der Waals surface area contributed by atoms with Gasteiger partial charge in [0.15, 0.2) is 0 Å². The summed E-state index contributed by atoms with van der Waals surface area (Å²) in [4.78, 5) is 0. The van der Waals surface area contributed by atoms with Gasteiger partial charge in [0.2, 0.25) is 5.28 Å². The molecule has 2 aromatic rings. The normalized spacial score (nSPS) is 11.5. The first-order valence-corrected chi connectivity index (χ1v) is 4.75. The molecule has 0 saturated carbocycles. The maximum absolute atomic E-state index is 12.0. The molecule has 0 amide bonds. The lowest BCUT2D eigenvalue weighted by Gasteiger charge is -2.10. The molecule has 0 aliphatic heterocycles. The molecule has 8 heteroatoms. The van der Waals surface area contributed by atoms with Gasteiger partial charge in [-0.1, -0.05) is 6.07 Å². The smallest absolute Gasteiger partial charge is 0.406 e. The Kier molecular flexibility index (Phi) is 2.93. The van der Waals surface area contributed by atoms with Gasteiger partial charge in [-0.05, 0) is 23.7 Å². The zero-order valence-corrected chi connectivity index (χ0v) is 8.90. The minimum absolute atomic E-state index is 0.0501. The van der Waals surface area contributed by atoms with Gasteiger partial charge in [0, 0.05) is 6.07 Å². The van der Waals surface area contributed by atoms with Gasteiger partial charge >= 0.3 is 6.36 Å². The number of hydrogen-bond acceptors (Lipinski definition) is 3. The first-order valence-electron chi connectivity index (χ1n) is 4.37. The number of ether oxygens (including phenoxy) is 1. The summed E-state index contributed by atoms with van der Waals surface area (Å²) in [5.41, 5.74) is 0.377. The topological polar surface area (TPSA) is 39.9 Å². The van der Waals surface area contributed by atoms with E-state index in [-0.39, 0.29) is 11.0 Å². The molecule has 0 bridgehead atoms. The van der Waals surface area contributed by atoms with Gasteiger partial charge in [0.05, 0.1) is 5.69 Å². The van der Waals surface area contributed by atoms with Gasteiger partial charge in [-0.25, -0.2) is 0 Å². The molecule has 0 aliphatic carbocycles. The van der Waals surface area contributed by atoms with E-state index in [1.165, 1.54) is 29.1 Å². The number of halogens is 4. The van der Waals surface area contributed by atoms with E-state index in [1.54, 1.807) is 6.07 Å². The van der Waals surface area contributed by atoms with Crippen molar-refractivity contribution in [1.82, 2.24) is 14.8 Å². The number of rotatable bonds is 2. The van der Waals surface area contributed by atoms with Crippen LogP contribution >= 0.6 is 11.6 Å². The standard InChI is InChI=1S/C9H5ClF3N3O/c10-8-15-14-5-16(8)6-2-1-3-7(4-6)17-9(11,12)13/h1-5H. The summed E-state index contributed by atoms with van der Waals surface area (Å²) in [6, 6.07) is 5.34. The van der Waals surface area contributed by atoms with Crippen molar-refractivity contribution in [2.75, 3.05) is 0 Å². The fourth-order valence-electron chi connectivity index (χ4n) is 1.22. The van der Waals surface area contributed by atoms with Crippen LogP contribution in [0.3, 0.4) is 0 Å². The van der Waals surface area contributed by atoms with Crippen LogP contribution in [0.15, 0.2) is 30.6 Å². The van der Waals surface area contributed by atoms with Crippen LogP contribution in [-0.4, -0.2) is 21.1 Å². The molecule has 17 heavy (non-hydrogen) atoms. The van der Waals surface area contributed by atoms with E-state index in [2.05, 4.69) is 14.9 Å². The average molecular weight is 264 g/mol. The molecule has 4 nitrogen and oxygen atoms in total. The highest BCUT2D eigenvalue weighted by Crippen LogP contribution is 2.25. The highest BCUT2D eigenvalue weighted by Gasteiger charge is 2.31. The molecule has 0 radical (unpaired) electrons. The van der Waals surface area contributed by atoms with E-state index < -0.39 is 6.36 Å². The highest BCUT2D eigenvalue weighted by molar-refractivity contribution is 6.28. The van der Waals surface area contributed by atoms with E-state index in [4.69, 9.17) is 11.6 Å². The molecule has 0 atom stereocenters. The molecule has 0 N–H and O–H groups in total. The van der Waals surface area contributed by atoms with Crippen molar-refractivity contribution < 1.29 is 17.9 Å². The van der Waals surface area contributed by atoms with Gasteiger partial charge < -0.3 is 4.74 Å². The number of alkyl halides is 3. The van der Waals surface area contributed by atoms with E-state index in [9.17, 15) is 13.2 Å². The molecule has 1 heterocycles. The minimum Gasteiger partial charge on any atom is -0.406 e. The Hall–Kier alpha value is -1.76. The fraction of sp³-hybridized carbons (Fsp3) is 0.111. The second-order valence-corrected chi connectivity index (χ2v) is 3.35. The molecular formula is C9H5ClF3N3O. The quantitative estimate of drug-likeness (QED) is 0.836. The maximum atomic E-state index is 12.0. The first-order chi connectivity index (χ1) is 7.96. The minimum atomic E-state index is -4.73. The van der Waals surface area contributed by atoms with Crippen molar-refractivity contribution in [2.45, 2.75) is 6.36 Å². The molecule has 90 valence electrons. The largest absolute Gasteiger partial charge is 0.573 e. The second kappa shape index (κ2) is 4.25. The predicted octanol–water partition coefficient (Wildman–Crippen LogP) is 2.82. The summed E-state index contributed by atoms with van der Waals surface area (Å²) in [5.74, 6) is -0.334. The van der Waals surface area contributed by atoms with Crippen molar-refractivity contribution >= 4 is 11.6 Å². The Morgan fingerprint density at radius 3 is 2.65 bits per heavy atom. The third-order valence-corrected chi connectivity index (χ3v) is 2.09. The average Bonchev–Trinajstić information content (AvgIpc) is 2.62. The summed E-state index contributed by atoms with van der Waals surface area (Å²) in [5, 5.41) is 7.08. The van der Waals surface area contributed by atoms with E-state index in [0.717, 1.165) is 0 Å². The van der Waals surface area contributed by atoms with Gasteiger partial charge in [-0.15, -0.1) is 23.4 Å². The Morgan fingerprint density at radius 2 is 2.06 bits per heavy atom. The number of benzene rings is 1. The molecule has 0 aliphatic rings. The van der Waals surface area contributed by atoms with Crippen molar-refractivity contribution in [3.05, 3.63) is 35.9 Å². The Morgan fingerprint density at radius 1 is 1.29 bits per heavy atom. The second-order valence-electron chi connectivity index (χ2n) is 3.02. The third kappa shape index (κ3) is 2.88. The monoisotopic (exact) mass is 263 g/mol. The van der Waals surface area contributed by atoms with E-state index in [0.29, 0.717) is 5.69 Å². The molecule has 1 aromatic carbocycles. The van der Waals surface area contributed by atoms with Crippen LogP contribution in [0.2, 0.25) is 5.28 Å². The van der Waals surface area contributed by atoms with Crippen LogP contribution in [0.5, 0.6) is 5.75 Å². The molecular weight excluding hydrogens is 259 g/mol. The lowest BCUT2D eigenvalue weighted by molar-refractivity contribution is -0.274. The zero-order valence-electron chi connectivity index (χ0n) is 8.15.